The SMILES string of the molecule is CN(C)NC1(CN)CCCS(=O)(=O)C1. The lowest BCUT2D eigenvalue weighted by atomic mass is 9.96. The van der Waals surface area contributed by atoms with Crippen molar-refractivity contribution in [2.24, 2.45) is 5.73 Å². The van der Waals surface area contributed by atoms with E-state index >= 15 is 0 Å². The molecule has 0 bridgehead atoms. The lowest BCUT2D eigenvalue weighted by Gasteiger charge is -2.38. The van der Waals surface area contributed by atoms with Crippen molar-refractivity contribution in [2.45, 2.75) is 18.4 Å². The summed E-state index contributed by atoms with van der Waals surface area (Å²) in [6, 6.07) is 0. The summed E-state index contributed by atoms with van der Waals surface area (Å²) in [5.74, 6) is 0.443. The van der Waals surface area contributed by atoms with Gasteiger partial charge in [-0.15, -0.1) is 0 Å². The quantitative estimate of drug-likeness (QED) is 0.595. The molecule has 0 saturated carbocycles. The molecule has 1 aliphatic rings. The van der Waals surface area contributed by atoms with Crippen molar-refractivity contribution in [1.29, 1.82) is 0 Å². The van der Waals surface area contributed by atoms with Crippen LogP contribution < -0.4 is 11.2 Å². The van der Waals surface area contributed by atoms with E-state index in [0.717, 1.165) is 6.42 Å². The van der Waals surface area contributed by atoms with E-state index < -0.39 is 15.4 Å². The van der Waals surface area contributed by atoms with Crippen LogP contribution in [0.15, 0.2) is 0 Å². The van der Waals surface area contributed by atoms with Crippen molar-refractivity contribution in [3.05, 3.63) is 0 Å². The van der Waals surface area contributed by atoms with E-state index in [4.69, 9.17) is 5.73 Å². The average Bonchev–Trinajstić information content (AvgIpc) is 2.01. The lowest BCUT2D eigenvalue weighted by Crippen LogP contribution is -2.61. The van der Waals surface area contributed by atoms with Gasteiger partial charge in [-0.05, 0) is 12.8 Å². The van der Waals surface area contributed by atoms with Gasteiger partial charge in [-0.25, -0.2) is 18.9 Å². The van der Waals surface area contributed by atoms with E-state index in [1.165, 1.54) is 0 Å². The number of hydrazine groups is 1. The molecule has 14 heavy (non-hydrogen) atoms. The van der Waals surface area contributed by atoms with E-state index in [1.807, 2.05) is 14.1 Å². The summed E-state index contributed by atoms with van der Waals surface area (Å²) in [5.41, 5.74) is 8.33. The second-order valence-corrected chi connectivity index (χ2v) is 6.37. The summed E-state index contributed by atoms with van der Waals surface area (Å²) in [6.07, 6.45) is 1.52. The second-order valence-electron chi connectivity index (χ2n) is 4.19. The van der Waals surface area contributed by atoms with Crippen LogP contribution in [0.3, 0.4) is 0 Å². The van der Waals surface area contributed by atoms with Crippen molar-refractivity contribution < 1.29 is 8.42 Å². The molecule has 0 amide bonds. The third-order valence-corrected chi connectivity index (χ3v) is 4.36. The zero-order valence-electron chi connectivity index (χ0n) is 8.78. The van der Waals surface area contributed by atoms with Crippen molar-refractivity contribution in [3.63, 3.8) is 0 Å². The van der Waals surface area contributed by atoms with Gasteiger partial charge < -0.3 is 5.73 Å². The molecule has 1 fully saturated rings. The molecule has 0 spiro atoms. The van der Waals surface area contributed by atoms with Crippen LogP contribution in [-0.4, -0.2) is 51.1 Å². The normalized spacial score (nSPS) is 32.0. The number of nitrogens with zero attached hydrogens (tertiary/aromatic N) is 1. The second kappa shape index (κ2) is 4.14. The van der Waals surface area contributed by atoms with Gasteiger partial charge in [0.15, 0.2) is 9.84 Å². The fraction of sp³-hybridized carbons (Fsp3) is 1.00. The first kappa shape index (κ1) is 11.9. The minimum absolute atomic E-state index is 0.147. The van der Waals surface area contributed by atoms with Gasteiger partial charge in [0.25, 0.3) is 0 Å². The highest BCUT2D eigenvalue weighted by atomic mass is 32.2. The molecule has 1 aliphatic heterocycles. The first-order valence-corrected chi connectivity index (χ1v) is 6.57. The zero-order chi connectivity index (χ0) is 10.8. The smallest absolute Gasteiger partial charge is 0.152 e. The summed E-state index contributed by atoms with van der Waals surface area (Å²) in [5, 5.41) is 1.77. The molecule has 0 radical (unpaired) electrons. The van der Waals surface area contributed by atoms with Crippen LogP contribution in [0.25, 0.3) is 0 Å². The Bertz CT molecular complexity index is 289. The third-order valence-electron chi connectivity index (χ3n) is 2.46. The zero-order valence-corrected chi connectivity index (χ0v) is 9.60. The summed E-state index contributed by atoms with van der Waals surface area (Å²) >= 11 is 0. The van der Waals surface area contributed by atoms with E-state index in [9.17, 15) is 8.42 Å². The number of nitrogens with two attached hydrogens (primary N) is 1. The molecule has 0 aliphatic carbocycles. The largest absolute Gasteiger partial charge is 0.329 e. The fourth-order valence-electron chi connectivity index (χ4n) is 1.96. The van der Waals surface area contributed by atoms with Crippen LogP contribution in [0.5, 0.6) is 0 Å². The van der Waals surface area contributed by atoms with Gasteiger partial charge in [0.2, 0.25) is 0 Å². The number of hydrogen-bond donors (Lipinski definition) is 2. The van der Waals surface area contributed by atoms with E-state index in [1.54, 1.807) is 5.01 Å². The Hall–Kier alpha value is -0.170. The van der Waals surface area contributed by atoms with Gasteiger partial charge in [0.05, 0.1) is 17.0 Å². The fourth-order valence-corrected chi connectivity index (χ4v) is 3.86. The van der Waals surface area contributed by atoms with Gasteiger partial charge in [-0.3, -0.25) is 0 Å². The van der Waals surface area contributed by atoms with Crippen LogP contribution >= 0.6 is 0 Å². The van der Waals surface area contributed by atoms with Gasteiger partial charge >= 0.3 is 0 Å². The molecule has 0 aromatic carbocycles. The average molecular weight is 221 g/mol. The topological polar surface area (TPSA) is 75.4 Å². The predicted octanol–water partition coefficient (Wildman–Crippen LogP) is -1.04. The van der Waals surface area contributed by atoms with Crippen molar-refractivity contribution in [3.8, 4) is 0 Å². The summed E-state index contributed by atoms with van der Waals surface area (Å²) in [7, 11) is 0.774. The molecule has 1 heterocycles. The number of nitrogens with one attached hydrogen (secondary N) is 1. The van der Waals surface area contributed by atoms with E-state index in [-0.39, 0.29) is 5.75 Å². The summed E-state index contributed by atoms with van der Waals surface area (Å²) in [4.78, 5) is 0. The highest BCUT2D eigenvalue weighted by molar-refractivity contribution is 7.91. The molecule has 0 aromatic rings. The Morgan fingerprint density at radius 3 is 2.57 bits per heavy atom. The Morgan fingerprint density at radius 1 is 1.50 bits per heavy atom. The van der Waals surface area contributed by atoms with Gasteiger partial charge in [-0.1, -0.05) is 0 Å². The molecular weight excluding hydrogens is 202 g/mol. The van der Waals surface area contributed by atoms with Crippen molar-refractivity contribution >= 4 is 9.84 Å². The predicted molar refractivity (Wildman–Crippen MR) is 56.5 cm³/mol. The third kappa shape index (κ3) is 2.91. The minimum atomic E-state index is -2.92. The van der Waals surface area contributed by atoms with Crippen molar-refractivity contribution in [2.75, 3.05) is 32.1 Å². The van der Waals surface area contributed by atoms with Crippen LogP contribution in [0.1, 0.15) is 12.8 Å². The molecular formula is C8H19N3O2S. The molecule has 3 N–H and O–H groups in total. The molecule has 5 nitrogen and oxygen atoms in total. The van der Waals surface area contributed by atoms with E-state index in [2.05, 4.69) is 5.43 Å². The molecule has 0 aromatic heterocycles. The maximum Gasteiger partial charge on any atom is 0.152 e. The molecule has 1 unspecified atom stereocenters. The van der Waals surface area contributed by atoms with Crippen LogP contribution in [0.2, 0.25) is 0 Å². The maximum absolute atomic E-state index is 11.5. The minimum Gasteiger partial charge on any atom is -0.329 e. The summed E-state index contributed by atoms with van der Waals surface area (Å²) < 4.78 is 23.0. The Balaban J connectivity index is 2.78. The van der Waals surface area contributed by atoms with Crippen molar-refractivity contribution in [1.82, 2.24) is 10.4 Å². The number of hydrogen-bond acceptors (Lipinski definition) is 5. The van der Waals surface area contributed by atoms with Crippen LogP contribution in [0.4, 0.5) is 0 Å². The number of rotatable bonds is 3. The Labute approximate surface area is 85.5 Å². The van der Waals surface area contributed by atoms with Gasteiger partial charge in [0.1, 0.15) is 0 Å². The monoisotopic (exact) mass is 221 g/mol. The highest BCUT2D eigenvalue weighted by Gasteiger charge is 2.38. The van der Waals surface area contributed by atoms with E-state index in [0.29, 0.717) is 18.7 Å². The molecule has 1 rings (SSSR count). The van der Waals surface area contributed by atoms with Crippen LogP contribution in [0, 0.1) is 0 Å². The Morgan fingerprint density at radius 2 is 2.14 bits per heavy atom. The summed E-state index contributed by atoms with van der Waals surface area (Å²) in [6.45, 7) is 0.352. The molecule has 1 atom stereocenters. The van der Waals surface area contributed by atoms with Gasteiger partial charge in [-0.2, -0.15) is 0 Å². The number of sulfone groups is 1. The molecule has 84 valence electrons. The standard InChI is InChI=1S/C8H19N3O2S/c1-11(2)10-8(6-9)4-3-5-14(12,13)7-8/h10H,3-7,9H2,1-2H3. The lowest BCUT2D eigenvalue weighted by molar-refractivity contribution is 0.165. The first-order valence-electron chi connectivity index (χ1n) is 4.75. The maximum atomic E-state index is 11.5. The molecule has 6 heteroatoms. The highest BCUT2D eigenvalue weighted by Crippen LogP contribution is 2.22. The van der Waals surface area contributed by atoms with Gasteiger partial charge in [0, 0.05) is 20.6 Å². The first-order chi connectivity index (χ1) is 6.39. The van der Waals surface area contributed by atoms with Crippen LogP contribution in [-0.2, 0) is 9.84 Å². The molecule has 1 saturated heterocycles. The Kier molecular flexibility index (Phi) is 3.52.